The van der Waals surface area contributed by atoms with E-state index in [9.17, 15) is 4.79 Å². The first-order chi connectivity index (χ1) is 11.5. The van der Waals surface area contributed by atoms with Crippen LogP contribution < -0.4 is 15.4 Å². The van der Waals surface area contributed by atoms with Gasteiger partial charge in [-0.05, 0) is 45.4 Å². The van der Waals surface area contributed by atoms with Crippen molar-refractivity contribution in [2.75, 3.05) is 10.6 Å². The van der Waals surface area contributed by atoms with Gasteiger partial charge < -0.3 is 15.4 Å². The molecule has 6 heteroatoms. The number of anilines is 2. The van der Waals surface area contributed by atoms with Gasteiger partial charge >= 0.3 is 0 Å². The largest absolute Gasteiger partial charge is 0.489 e. The summed E-state index contributed by atoms with van der Waals surface area (Å²) in [6.45, 7) is 7.99. The first-order valence-electron chi connectivity index (χ1n) is 8.16. The summed E-state index contributed by atoms with van der Waals surface area (Å²) >= 11 is 0. The maximum atomic E-state index is 12.5. The van der Waals surface area contributed by atoms with Crippen LogP contribution in [0.25, 0.3) is 0 Å². The minimum absolute atomic E-state index is 0.0217. The van der Waals surface area contributed by atoms with Crippen LogP contribution in [0.15, 0.2) is 36.5 Å². The van der Waals surface area contributed by atoms with E-state index in [2.05, 4.69) is 27.5 Å². The molecule has 128 valence electrons. The molecule has 1 amide bonds. The standard InChI is InChI=1S/C18H24N4O2/c1-5-13(4)20-18-19-11-10-15(22-18)17(23)21-14-8-6-7-9-16(14)24-12(2)3/h6-13H,5H2,1-4H3,(H,21,23)(H,19,20,22). The van der Waals surface area contributed by atoms with E-state index < -0.39 is 0 Å². The molecule has 6 nitrogen and oxygen atoms in total. The summed E-state index contributed by atoms with van der Waals surface area (Å²) in [6, 6.07) is 9.16. The average molecular weight is 328 g/mol. The Morgan fingerprint density at radius 1 is 1.21 bits per heavy atom. The predicted octanol–water partition coefficient (Wildman–Crippen LogP) is 3.73. The summed E-state index contributed by atoms with van der Waals surface area (Å²) in [7, 11) is 0. The lowest BCUT2D eigenvalue weighted by atomic mass is 10.2. The molecule has 1 aromatic carbocycles. The Labute approximate surface area is 142 Å². The molecule has 2 N–H and O–H groups in total. The van der Waals surface area contributed by atoms with Gasteiger partial charge in [0.05, 0.1) is 11.8 Å². The number of para-hydroxylation sites is 2. The van der Waals surface area contributed by atoms with E-state index >= 15 is 0 Å². The topological polar surface area (TPSA) is 76.1 Å². The predicted molar refractivity (Wildman–Crippen MR) is 95.6 cm³/mol. The zero-order chi connectivity index (χ0) is 17.5. The molecule has 0 radical (unpaired) electrons. The Kier molecular flexibility index (Phi) is 6.12. The summed E-state index contributed by atoms with van der Waals surface area (Å²) in [4.78, 5) is 20.9. The average Bonchev–Trinajstić information content (AvgIpc) is 2.56. The Bertz CT molecular complexity index is 688. The van der Waals surface area contributed by atoms with Crippen LogP contribution in [0, 0.1) is 0 Å². The van der Waals surface area contributed by atoms with Crippen molar-refractivity contribution in [2.24, 2.45) is 0 Å². The van der Waals surface area contributed by atoms with Gasteiger partial charge in [-0.1, -0.05) is 19.1 Å². The van der Waals surface area contributed by atoms with Crippen molar-refractivity contribution in [2.45, 2.75) is 46.3 Å². The van der Waals surface area contributed by atoms with E-state index in [1.165, 1.54) is 0 Å². The van der Waals surface area contributed by atoms with E-state index in [1.807, 2.05) is 39.0 Å². The zero-order valence-electron chi connectivity index (χ0n) is 14.5. The number of nitrogens with one attached hydrogen (secondary N) is 2. The van der Waals surface area contributed by atoms with Crippen molar-refractivity contribution in [1.29, 1.82) is 0 Å². The van der Waals surface area contributed by atoms with Gasteiger partial charge in [0, 0.05) is 12.2 Å². The third-order valence-electron chi connectivity index (χ3n) is 3.37. The number of hydrogen-bond acceptors (Lipinski definition) is 5. The summed E-state index contributed by atoms with van der Waals surface area (Å²) in [5.74, 6) is 0.779. The number of benzene rings is 1. The van der Waals surface area contributed by atoms with Crippen LogP contribution in [-0.4, -0.2) is 28.0 Å². The van der Waals surface area contributed by atoms with E-state index in [-0.39, 0.29) is 18.1 Å². The molecule has 2 rings (SSSR count). The van der Waals surface area contributed by atoms with Gasteiger partial charge in [0.2, 0.25) is 5.95 Å². The summed E-state index contributed by atoms with van der Waals surface area (Å²) in [6.07, 6.45) is 2.54. The summed E-state index contributed by atoms with van der Waals surface area (Å²) < 4.78 is 5.71. The van der Waals surface area contributed by atoms with Crippen LogP contribution in [0.1, 0.15) is 44.6 Å². The van der Waals surface area contributed by atoms with Gasteiger partial charge in [-0.3, -0.25) is 4.79 Å². The fourth-order valence-corrected chi connectivity index (χ4v) is 1.99. The highest BCUT2D eigenvalue weighted by atomic mass is 16.5. The molecule has 0 saturated heterocycles. The first kappa shape index (κ1) is 17.7. The molecule has 0 spiro atoms. The Morgan fingerprint density at radius 3 is 2.67 bits per heavy atom. The molecule has 1 aromatic heterocycles. The Morgan fingerprint density at radius 2 is 1.96 bits per heavy atom. The summed E-state index contributed by atoms with van der Waals surface area (Å²) in [5, 5.41) is 6.01. The molecular formula is C18H24N4O2. The number of nitrogens with zero attached hydrogens (tertiary/aromatic N) is 2. The Balaban J connectivity index is 2.14. The Hall–Kier alpha value is -2.63. The molecule has 0 fully saturated rings. The molecule has 0 aliphatic heterocycles. The van der Waals surface area contributed by atoms with Crippen molar-refractivity contribution in [3.63, 3.8) is 0 Å². The summed E-state index contributed by atoms with van der Waals surface area (Å²) in [5.41, 5.74) is 0.918. The lowest BCUT2D eigenvalue weighted by Gasteiger charge is -2.15. The second-order valence-electron chi connectivity index (χ2n) is 5.84. The van der Waals surface area contributed by atoms with Crippen molar-refractivity contribution < 1.29 is 9.53 Å². The highest BCUT2D eigenvalue weighted by Crippen LogP contribution is 2.25. The van der Waals surface area contributed by atoms with Crippen LogP contribution in [-0.2, 0) is 0 Å². The maximum Gasteiger partial charge on any atom is 0.274 e. The maximum absolute atomic E-state index is 12.5. The van der Waals surface area contributed by atoms with Crippen molar-refractivity contribution in [3.05, 3.63) is 42.2 Å². The van der Waals surface area contributed by atoms with Gasteiger partial charge in [-0.25, -0.2) is 9.97 Å². The van der Waals surface area contributed by atoms with E-state index in [4.69, 9.17) is 4.74 Å². The molecule has 1 unspecified atom stereocenters. The van der Waals surface area contributed by atoms with E-state index in [0.29, 0.717) is 23.1 Å². The van der Waals surface area contributed by atoms with Crippen LogP contribution >= 0.6 is 0 Å². The van der Waals surface area contributed by atoms with Gasteiger partial charge in [-0.15, -0.1) is 0 Å². The number of hydrogen-bond donors (Lipinski definition) is 2. The van der Waals surface area contributed by atoms with Crippen LogP contribution in [0.5, 0.6) is 5.75 Å². The molecule has 0 aliphatic carbocycles. The smallest absolute Gasteiger partial charge is 0.274 e. The van der Waals surface area contributed by atoms with Gasteiger partial charge in [0.25, 0.3) is 5.91 Å². The quantitative estimate of drug-likeness (QED) is 0.810. The molecule has 2 aromatic rings. The third kappa shape index (κ3) is 4.94. The molecule has 0 bridgehead atoms. The third-order valence-corrected chi connectivity index (χ3v) is 3.37. The molecule has 1 atom stereocenters. The van der Waals surface area contributed by atoms with Gasteiger partial charge in [0.15, 0.2) is 0 Å². The fourth-order valence-electron chi connectivity index (χ4n) is 1.99. The monoisotopic (exact) mass is 328 g/mol. The van der Waals surface area contributed by atoms with Crippen LogP contribution in [0.2, 0.25) is 0 Å². The second-order valence-corrected chi connectivity index (χ2v) is 5.84. The normalized spacial score (nSPS) is 11.9. The van der Waals surface area contributed by atoms with E-state index in [1.54, 1.807) is 18.3 Å². The highest BCUT2D eigenvalue weighted by Gasteiger charge is 2.13. The lowest BCUT2D eigenvalue weighted by molar-refractivity contribution is 0.102. The molecule has 0 saturated carbocycles. The molecule has 0 aliphatic rings. The van der Waals surface area contributed by atoms with Crippen LogP contribution in [0.3, 0.4) is 0 Å². The van der Waals surface area contributed by atoms with E-state index in [0.717, 1.165) is 6.42 Å². The minimum Gasteiger partial charge on any atom is -0.489 e. The van der Waals surface area contributed by atoms with Crippen LogP contribution in [0.4, 0.5) is 11.6 Å². The number of carbonyl (C=O) groups is 1. The zero-order valence-corrected chi connectivity index (χ0v) is 14.5. The van der Waals surface area contributed by atoms with Gasteiger partial charge in [-0.2, -0.15) is 0 Å². The van der Waals surface area contributed by atoms with Crippen molar-refractivity contribution in [3.8, 4) is 5.75 Å². The first-order valence-corrected chi connectivity index (χ1v) is 8.16. The second kappa shape index (κ2) is 8.29. The van der Waals surface area contributed by atoms with Gasteiger partial charge in [0.1, 0.15) is 11.4 Å². The van der Waals surface area contributed by atoms with Crippen molar-refractivity contribution >= 4 is 17.5 Å². The number of rotatable bonds is 7. The van der Waals surface area contributed by atoms with Crippen molar-refractivity contribution in [1.82, 2.24) is 9.97 Å². The SMILES string of the molecule is CCC(C)Nc1nccc(C(=O)Nc2ccccc2OC(C)C)n1. The molecule has 24 heavy (non-hydrogen) atoms. The lowest BCUT2D eigenvalue weighted by Crippen LogP contribution is -2.19. The fraction of sp³-hybridized carbons (Fsp3) is 0.389. The number of aromatic nitrogens is 2. The number of amides is 1. The number of carbonyl (C=O) groups excluding carboxylic acids is 1. The minimum atomic E-state index is -0.301. The highest BCUT2D eigenvalue weighted by molar-refractivity contribution is 6.03. The molecular weight excluding hydrogens is 304 g/mol. The molecule has 1 heterocycles. The number of ether oxygens (including phenoxy) is 1.